The summed E-state index contributed by atoms with van der Waals surface area (Å²) < 4.78 is 1.81. The first-order valence-corrected chi connectivity index (χ1v) is 7.21. The second kappa shape index (κ2) is 5.72. The van der Waals surface area contributed by atoms with Gasteiger partial charge >= 0.3 is 5.97 Å². The zero-order valence-corrected chi connectivity index (χ0v) is 11.8. The third-order valence-electron chi connectivity index (χ3n) is 4.47. The molecule has 0 bridgehead atoms. The molecule has 0 saturated heterocycles. The maximum Gasteiger partial charge on any atom is 0.310 e. The first-order chi connectivity index (χ1) is 9.11. The largest absolute Gasteiger partial charge is 0.481 e. The molecule has 2 atom stereocenters. The molecule has 1 heterocycles. The molecule has 1 saturated carbocycles. The third-order valence-corrected chi connectivity index (χ3v) is 4.47. The maximum atomic E-state index is 11.8. The van der Waals surface area contributed by atoms with Crippen molar-refractivity contribution in [3.63, 3.8) is 0 Å². The highest BCUT2D eigenvalue weighted by molar-refractivity contribution is 5.75. The number of aliphatic carboxylic acids is 1. The smallest absolute Gasteiger partial charge is 0.310 e. The van der Waals surface area contributed by atoms with E-state index in [1.807, 2.05) is 6.92 Å². The second-order valence-corrected chi connectivity index (χ2v) is 5.62. The van der Waals surface area contributed by atoms with Gasteiger partial charge in [0, 0.05) is 13.0 Å². The summed E-state index contributed by atoms with van der Waals surface area (Å²) in [5.74, 6) is 0.667. The highest BCUT2D eigenvalue weighted by Gasteiger charge is 2.43. The molecule has 1 aliphatic carbocycles. The Bertz CT molecular complexity index is 444. The summed E-state index contributed by atoms with van der Waals surface area (Å²) in [6.45, 7) is 4.89. The van der Waals surface area contributed by atoms with Crippen molar-refractivity contribution < 1.29 is 9.90 Å². The fraction of sp³-hybridized carbons (Fsp3) is 0.786. The van der Waals surface area contributed by atoms with Crippen LogP contribution in [0.3, 0.4) is 0 Å². The van der Waals surface area contributed by atoms with Gasteiger partial charge in [0.25, 0.3) is 0 Å². The van der Waals surface area contributed by atoms with Crippen molar-refractivity contribution in [1.29, 1.82) is 0 Å². The van der Waals surface area contributed by atoms with E-state index < -0.39 is 11.4 Å². The van der Waals surface area contributed by atoms with Gasteiger partial charge in [-0.15, -0.1) is 0 Å². The quantitative estimate of drug-likeness (QED) is 0.888. The lowest BCUT2D eigenvalue weighted by atomic mass is 9.67. The third kappa shape index (κ3) is 2.80. The van der Waals surface area contributed by atoms with Crippen LogP contribution in [0.5, 0.6) is 0 Å². The summed E-state index contributed by atoms with van der Waals surface area (Å²) in [7, 11) is 0. The lowest BCUT2D eigenvalue weighted by Crippen LogP contribution is -2.39. The number of aromatic nitrogens is 3. The Labute approximate surface area is 114 Å². The molecule has 0 amide bonds. The topological polar surface area (TPSA) is 68.0 Å². The van der Waals surface area contributed by atoms with E-state index in [0.29, 0.717) is 12.3 Å². The van der Waals surface area contributed by atoms with Gasteiger partial charge in [0.2, 0.25) is 0 Å². The van der Waals surface area contributed by atoms with Gasteiger partial charge in [0.15, 0.2) is 0 Å². The Morgan fingerprint density at radius 2 is 2.37 bits per heavy atom. The standard InChI is InChI=1S/C14H23N3O2/c1-3-11-6-5-7-14(8-11,13(18)19)9-12-15-10-16-17(12)4-2/h10-11H,3-9H2,1-2H3,(H,18,19). The number of nitrogens with zero attached hydrogens (tertiary/aromatic N) is 3. The number of carbonyl (C=O) groups is 1. The molecule has 0 aliphatic heterocycles. The Kier molecular flexibility index (Phi) is 4.22. The number of hydrogen-bond acceptors (Lipinski definition) is 3. The summed E-state index contributed by atoms with van der Waals surface area (Å²) in [6, 6.07) is 0. The number of rotatable bonds is 5. The molecular weight excluding hydrogens is 242 g/mol. The highest BCUT2D eigenvalue weighted by Crippen LogP contribution is 2.43. The van der Waals surface area contributed by atoms with Crippen LogP contribution in [-0.2, 0) is 17.8 Å². The van der Waals surface area contributed by atoms with E-state index in [-0.39, 0.29) is 0 Å². The highest BCUT2D eigenvalue weighted by atomic mass is 16.4. The van der Waals surface area contributed by atoms with Crippen molar-refractivity contribution in [1.82, 2.24) is 14.8 Å². The molecule has 106 valence electrons. The first kappa shape index (κ1) is 14.0. The van der Waals surface area contributed by atoms with Crippen molar-refractivity contribution >= 4 is 5.97 Å². The summed E-state index contributed by atoms with van der Waals surface area (Å²) in [4.78, 5) is 16.1. The maximum absolute atomic E-state index is 11.8. The van der Waals surface area contributed by atoms with Gasteiger partial charge in [0.1, 0.15) is 12.2 Å². The number of carboxylic acid groups (broad SMARTS) is 1. The van der Waals surface area contributed by atoms with E-state index >= 15 is 0 Å². The zero-order chi connectivity index (χ0) is 13.9. The Morgan fingerprint density at radius 1 is 1.58 bits per heavy atom. The summed E-state index contributed by atoms with van der Waals surface area (Å²) in [5, 5.41) is 13.8. The van der Waals surface area contributed by atoms with Crippen molar-refractivity contribution in [2.24, 2.45) is 11.3 Å². The molecule has 5 nitrogen and oxygen atoms in total. The van der Waals surface area contributed by atoms with E-state index in [0.717, 1.165) is 44.5 Å². The number of hydrogen-bond donors (Lipinski definition) is 1. The van der Waals surface area contributed by atoms with Crippen LogP contribution in [0, 0.1) is 11.3 Å². The van der Waals surface area contributed by atoms with Gasteiger partial charge in [-0.05, 0) is 25.7 Å². The summed E-state index contributed by atoms with van der Waals surface area (Å²) in [6.07, 6.45) is 6.79. The van der Waals surface area contributed by atoms with Gasteiger partial charge in [-0.3, -0.25) is 9.48 Å². The van der Waals surface area contributed by atoms with E-state index in [2.05, 4.69) is 17.0 Å². The van der Waals surface area contributed by atoms with Crippen LogP contribution in [-0.4, -0.2) is 25.8 Å². The molecule has 5 heteroatoms. The molecule has 1 fully saturated rings. The lowest BCUT2D eigenvalue weighted by molar-refractivity contribution is -0.152. The van der Waals surface area contributed by atoms with Crippen LogP contribution in [0.1, 0.15) is 51.8 Å². The SMILES string of the molecule is CCC1CCCC(Cc2ncnn2CC)(C(=O)O)C1. The molecule has 2 rings (SSSR count). The fourth-order valence-corrected chi connectivity index (χ4v) is 3.26. The van der Waals surface area contributed by atoms with Crippen molar-refractivity contribution in [3.8, 4) is 0 Å². The Balaban J connectivity index is 2.22. The van der Waals surface area contributed by atoms with Crippen LogP contribution < -0.4 is 0 Å². The summed E-state index contributed by atoms with van der Waals surface area (Å²) in [5.41, 5.74) is -0.640. The number of carboxylic acids is 1. The molecule has 1 aromatic rings. The average Bonchev–Trinajstić information content (AvgIpc) is 2.85. The molecule has 0 spiro atoms. The molecule has 2 unspecified atom stereocenters. The average molecular weight is 265 g/mol. The lowest BCUT2D eigenvalue weighted by Gasteiger charge is -2.37. The van der Waals surface area contributed by atoms with Gasteiger partial charge < -0.3 is 5.11 Å². The van der Waals surface area contributed by atoms with Crippen LogP contribution in [0.15, 0.2) is 6.33 Å². The van der Waals surface area contributed by atoms with Crippen molar-refractivity contribution in [2.75, 3.05) is 0 Å². The molecule has 1 N–H and O–H groups in total. The molecule has 19 heavy (non-hydrogen) atoms. The van der Waals surface area contributed by atoms with Crippen LogP contribution in [0.4, 0.5) is 0 Å². The van der Waals surface area contributed by atoms with Gasteiger partial charge in [-0.1, -0.05) is 26.2 Å². The zero-order valence-electron chi connectivity index (χ0n) is 11.8. The minimum atomic E-state index is -0.670. The van der Waals surface area contributed by atoms with Crippen LogP contribution >= 0.6 is 0 Å². The minimum absolute atomic E-state index is 0.507. The minimum Gasteiger partial charge on any atom is -0.481 e. The Hall–Kier alpha value is -1.39. The van der Waals surface area contributed by atoms with Gasteiger partial charge in [0.05, 0.1) is 5.41 Å². The predicted octanol–water partition coefficient (Wildman–Crippen LogP) is 2.51. The first-order valence-electron chi connectivity index (χ1n) is 7.21. The molecule has 1 aromatic heterocycles. The molecule has 0 aromatic carbocycles. The van der Waals surface area contributed by atoms with Crippen molar-refractivity contribution in [3.05, 3.63) is 12.2 Å². The van der Waals surface area contributed by atoms with Crippen LogP contribution in [0.25, 0.3) is 0 Å². The molecule has 1 aliphatic rings. The van der Waals surface area contributed by atoms with E-state index in [4.69, 9.17) is 0 Å². The molecule has 0 radical (unpaired) electrons. The second-order valence-electron chi connectivity index (χ2n) is 5.62. The van der Waals surface area contributed by atoms with E-state index in [1.54, 1.807) is 4.68 Å². The fourth-order valence-electron chi connectivity index (χ4n) is 3.26. The van der Waals surface area contributed by atoms with Crippen LogP contribution in [0.2, 0.25) is 0 Å². The van der Waals surface area contributed by atoms with Crippen molar-refractivity contribution in [2.45, 2.75) is 58.9 Å². The monoisotopic (exact) mass is 265 g/mol. The van der Waals surface area contributed by atoms with E-state index in [1.165, 1.54) is 6.33 Å². The predicted molar refractivity (Wildman–Crippen MR) is 71.7 cm³/mol. The summed E-state index contributed by atoms with van der Waals surface area (Å²) >= 11 is 0. The van der Waals surface area contributed by atoms with Gasteiger partial charge in [-0.25, -0.2) is 4.98 Å². The molecular formula is C14H23N3O2. The number of aryl methyl sites for hydroxylation is 1. The van der Waals surface area contributed by atoms with E-state index in [9.17, 15) is 9.90 Å². The Morgan fingerprint density at radius 3 is 3.00 bits per heavy atom. The normalized spacial score (nSPS) is 27.4. The van der Waals surface area contributed by atoms with Gasteiger partial charge in [-0.2, -0.15) is 5.10 Å².